The first-order valence-corrected chi connectivity index (χ1v) is 12.8. The summed E-state index contributed by atoms with van der Waals surface area (Å²) in [7, 11) is 0. The number of nitrogens with zero attached hydrogens (tertiary/aromatic N) is 5. The Hall–Kier alpha value is -5.26. The zero-order valence-corrected chi connectivity index (χ0v) is 22.5. The van der Waals surface area contributed by atoms with E-state index in [-0.39, 0.29) is 29.3 Å². The lowest BCUT2D eigenvalue weighted by Gasteiger charge is -2.13. The van der Waals surface area contributed by atoms with Gasteiger partial charge in [-0.05, 0) is 54.8 Å². The lowest BCUT2D eigenvalue weighted by atomic mass is 9.98. The smallest absolute Gasteiger partial charge is 0.465 e. The van der Waals surface area contributed by atoms with Crippen molar-refractivity contribution in [2.75, 3.05) is 13.4 Å². The van der Waals surface area contributed by atoms with Gasteiger partial charge in [-0.25, -0.2) is 9.59 Å². The summed E-state index contributed by atoms with van der Waals surface area (Å²) in [6.07, 6.45) is -1.39. The van der Waals surface area contributed by atoms with Gasteiger partial charge in [0.25, 0.3) is 6.01 Å². The van der Waals surface area contributed by atoms with Crippen LogP contribution in [0.3, 0.4) is 0 Å². The summed E-state index contributed by atoms with van der Waals surface area (Å²) in [6.45, 7) is 2.35. The third kappa shape index (κ3) is 6.16. The van der Waals surface area contributed by atoms with Crippen LogP contribution in [0, 0.1) is 0 Å². The highest BCUT2D eigenvalue weighted by atomic mass is 16.8. The first-order valence-electron chi connectivity index (χ1n) is 13.8. The van der Waals surface area contributed by atoms with Gasteiger partial charge in [-0.2, -0.15) is 10.2 Å². The number of para-hydroxylation sites is 1. The minimum atomic E-state index is -2.22. The second kappa shape index (κ2) is 12.3. The molecule has 1 N–H and O–H groups in total. The number of hydrogen-bond donors (Lipinski definition) is 1. The molecule has 0 fully saturated rings. The number of imidazole rings is 1. The van der Waals surface area contributed by atoms with Crippen molar-refractivity contribution in [1.82, 2.24) is 30.2 Å². The second-order valence-electron chi connectivity index (χ2n) is 8.92. The lowest BCUT2D eigenvalue weighted by Crippen LogP contribution is -2.17. The van der Waals surface area contributed by atoms with E-state index in [1.54, 1.807) is 57.2 Å². The summed E-state index contributed by atoms with van der Waals surface area (Å²) in [6, 6.07) is 19.1. The van der Waals surface area contributed by atoms with Crippen LogP contribution in [0.4, 0.5) is 4.79 Å². The van der Waals surface area contributed by atoms with Gasteiger partial charge in [-0.15, -0.1) is 10.2 Å². The van der Waals surface area contributed by atoms with Crippen molar-refractivity contribution in [2.24, 2.45) is 0 Å². The topological polar surface area (TPSA) is 143 Å². The maximum atomic E-state index is 13.1. The van der Waals surface area contributed by atoms with Crippen LogP contribution < -0.4 is 4.74 Å². The lowest BCUT2D eigenvalue weighted by molar-refractivity contribution is -0.0344. The largest absolute Gasteiger partial charge is 0.511 e. The van der Waals surface area contributed by atoms with Crippen molar-refractivity contribution < 1.29 is 31.3 Å². The number of carbonyl (C=O) groups is 2. The van der Waals surface area contributed by atoms with Gasteiger partial charge in [-0.3, -0.25) is 4.57 Å². The standard InChI is InChI=1S/C29H28N6O6/c1-4-38-28-30-24-11-7-10-23(27(36)39-17-40-29(37)41-18(2)3)25(24)35(28)16-19-12-14-20(15-13-19)21-8-5-6-9-22(21)26-31-33-34-32-26/h5-15,18H,4,16-17H2,1-3H3,(H,31,32,33,34)/i16D2. The number of benzene rings is 3. The normalized spacial score (nSPS) is 12.1. The number of fused-ring (bicyclic) bond motifs is 1. The molecular formula is C29H28N6O6. The molecule has 0 atom stereocenters. The number of H-pyrrole nitrogens is 1. The molecule has 5 aromatic rings. The van der Waals surface area contributed by atoms with Gasteiger partial charge in [0.05, 0.1) is 38.5 Å². The van der Waals surface area contributed by atoms with E-state index in [0.29, 0.717) is 11.3 Å². The number of tetrazole rings is 1. The monoisotopic (exact) mass is 558 g/mol. The van der Waals surface area contributed by atoms with E-state index >= 15 is 0 Å². The highest BCUT2D eigenvalue weighted by molar-refractivity contribution is 6.02. The van der Waals surface area contributed by atoms with Gasteiger partial charge in [0.15, 0.2) is 0 Å². The van der Waals surface area contributed by atoms with Crippen LogP contribution in [0.1, 0.15) is 39.4 Å². The summed E-state index contributed by atoms with van der Waals surface area (Å²) in [4.78, 5) is 29.2. The van der Waals surface area contributed by atoms with Gasteiger partial charge in [-0.1, -0.05) is 54.6 Å². The highest BCUT2D eigenvalue weighted by Gasteiger charge is 2.21. The van der Waals surface area contributed by atoms with Crippen LogP contribution in [0.15, 0.2) is 66.7 Å². The molecular weight excluding hydrogens is 528 g/mol. The number of aromatic nitrogens is 6. The third-order valence-electron chi connectivity index (χ3n) is 5.79. The number of esters is 1. The molecule has 0 bridgehead atoms. The maximum absolute atomic E-state index is 13.1. The van der Waals surface area contributed by atoms with Gasteiger partial charge in [0.1, 0.15) is 0 Å². The summed E-state index contributed by atoms with van der Waals surface area (Å²) in [5, 5.41) is 14.3. The van der Waals surface area contributed by atoms with E-state index in [2.05, 4.69) is 25.6 Å². The average Bonchev–Trinajstić information content (AvgIpc) is 3.65. The zero-order chi connectivity index (χ0) is 30.6. The minimum Gasteiger partial charge on any atom is -0.465 e. The Balaban J connectivity index is 1.50. The van der Waals surface area contributed by atoms with E-state index in [9.17, 15) is 12.3 Å². The van der Waals surface area contributed by atoms with E-state index < -0.39 is 31.5 Å². The number of hydrogen-bond acceptors (Lipinski definition) is 10. The molecule has 0 radical (unpaired) electrons. The first-order chi connectivity index (χ1) is 20.7. The number of nitrogens with one attached hydrogen (secondary N) is 1. The van der Waals surface area contributed by atoms with E-state index in [0.717, 1.165) is 16.7 Å². The molecule has 12 nitrogen and oxygen atoms in total. The molecule has 2 aromatic heterocycles. The number of carbonyl (C=O) groups excluding carboxylic acids is 2. The molecule has 0 aliphatic rings. The van der Waals surface area contributed by atoms with Crippen molar-refractivity contribution in [1.29, 1.82) is 0 Å². The number of rotatable bonds is 10. The predicted molar refractivity (Wildman–Crippen MR) is 148 cm³/mol. The molecule has 3 aromatic carbocycles. The fourth-order valence-electron chi connectivity index (χ4n) is 4.09. The van der Waals surface area contributed by atoms with Crippen LogP contribution >= 0.6 is 0 Å². The molecule has 5 rings (SSSR count). The first kappa shape index (κ1) is 24.8. The Morgan fingerprint density at radius 3 is 2.49 bits per heavy atom. The van der Waals surface area contributed by atoms with Crippen LogP contribution in [0.25, 0.3) is 33.5 Å². The zero-order valence-electron chi connectivity index (χ0n) is 24.5. The molecule has 12 heteroatoms. The summed E-state index contributed by atoms with van der Waals surface area (Å²) in [5.74, 6) is -0.417. The van der Waals surface area contributed by atoms with Gasteiger partial charge >= 0.3 is 12.1 Å². The second-order valence-corrected chi connectivity index (χ2v) is 8.92. The molecule has 210 valence electrons. The van der Waals surface area contributed by atoms with E-state index in [4.69, 9.17) is 18.9 Å². The molecule has 0 spiro atoms. The fourth-order valence-corrected chi connectivity index (χ4v) is 4.09. The molecule has 0 aliphatic heterocycles. The van der Waals surface area contributed by atoms with Crippen molar-refractivity contribution in [3.63, 3.8) is 0 Å². The Kier molecular flexibility index (Phi) is 7.42. The van der Waals surface area contributed by atoms with Crippen LogP contribution in [0.2, 0.25) is 0 Å². The minimum absolute atomic E-state index is 0.00585. The number of ether oxygens (including phenoxy) is 4. The molecule has 0 amide bonds. The predicted octanol–water partition coefficient (Wildman–Crippen LogP) is 5.01. The van der Waals surface area contributed by atoms with Crippen molar-refractivity contribution in [2.45, 2.75) is 33.4 Å². The van der Waals surface area contributed by atoms with Crippen LogP contribution in [-0.2, 0) is 20.7 Å². The highest BCUT2D eigenvalue weighted by Crippen LogP contribution is 2.31. The Morgan fingerprint density at radius 2 is 1.78 bits per heavy atom. The Morgan fingerprint density at radius 1 is 1.00 bits per heavy atom. The van der Waals surface area contributed by atoms with Gasteiger partial charge in [0, 0.05) is 5.56 Å². The van der Waals surface area contributed by atoms with Gasteiger partial charge in [0.2, 0.25) is 12.6 Å². The summed E-state index contributed by atoms with van der Waals surface area (Å²) >= 11 is 0. The SMILES string of the molecule is [2H]C([2H])(c1ccc(-c2ccccc2-c2nn[nH]n2)cc1)n1c(OCC)nc2cccc(C(=O)OCOC(=O)OC(C)C)c21. The average molecular weight is 559 g/mol. The Bertz CT molecular complexity index is 1740. The van der Waals surface area contributed by atoms with E-state index in [1.165, 1.54) is 10.6 Å². The molecule has 41 heavy (non-hydrogen) atoms. The van der Waals surface area contributed by atoms with Crippen LogP contribution in [-0.4, -0.2) is 61.8 Å². The van der Waals surface area contributed by atoms with Crippen molar-refractivity contribution in [3.8, 4) is 28.5 Å². The fraction of sp³-hybridized carbons (Fsp3) is 0.241. The summed E-state index contributed by atoms with van der Waals surface area (Å²) in [5.41, 5.74) is 3.15. The molecule has 2 heterocycles. The molecule has 0 saturated carbocycles. The maximum Gasteiger partial charge on any atom is 0.511 e. The van der Waals surface area contributed by atoms with Crippen molar-refractivity contribution in [3.05, 3.63) is 77.9 Å². The third-order valence-corrected chi connectivity index (χ3v) is 5.79. The Labute approximate surface area is 238 Å². The molecule has 0 unspecified atom stereocenters. The van der Waals surface area contributed by atoms with Gasteiger partial charge < -0.3 is 18.9 Å². The molecule has 0 aliphatic carbocycles. The number of aromatic amines is 1. The van der Waals surface area contributed by atoms with Crippen LogP contribution in [0.5, 0.6) is 6.01 Å². The molecule has 0 saturated heterocycles. The van der Waals surface area contributed by atoms with Crippen molar-refractivity contribution >= 4 is 23.2 Å². The summed E-state index contributed by atoms with van der Waals surface area (Å²) < 4.78 is 40.2. The quantitative estimate of drug-likeness (QED) is 0.184. The van der Waals surface area contributed by atoms with E-state index in [1.807, 2.05) is 24.3 Å².